The number of halogens is 4. The van der Waals surface area contributed by atoms with E-state index < -0.39 is 34.4 Å². The van der Waals surface area contributed by atoms with Crippen LogP contribution in [0.2, 0.25) is 5.02 Å². The Labute approximate surface area is 205 Å². The van der Waals surface area contributed by atoms with E-state index in [4.69, 9.17) is 25.8 Å². The van der Waals surface area contributed by atoms with Gasteiger partial charge in [0.15, 0.2) is 5.60 Å². The van der Waals surface area contributed by atoms with E-state index in [2.05, 4.69) is 5.32 Å². The minimum absolute atomic E-state index is 0.0245. The van der Waals surface area contributed by atoms with Crippen molar-refractivity contribution in [1.82, 2.24) is 5.32 Å². The number of carbonyl (C=O) groups is 2. The maximum Gasteiger partial charge on any atom is 0.417 e. The first-order valence-corrected chi connectivity index (χ1v) is 11.3. The van der Waals surface area contributed by atoms with Crippen molar-refractivity contribution in [2.24, 2.45) is 0 Å². The molecule has 2 N–H and O–H groups in total. The lowest BCUT2D eigenvalue weighted by Gasteiger charge is -2.24. The van der Waals surface area contributed by atoms with Crippen molar-refractivity contribution in [2.75, 3.05) is 13.2 Å². The Morgan fingerprint density at radius 3 is 2.54 bits per heavy atom. The highest BCUT2D eigenvalue weighted by Crippen LogP contribution is 2.35. The first kappa shape index (κ1) is 26.6. The Morgan fingerprint density at radius 1 is 1.20 bits per heavy atom. The molecule has 190 valence electrons. The summed E-state index contributed by atoms with van der Waals surface area (Å²) >= 11 is 5.69. The molecule has 35 heavy (non-hydrogen) atoms. The van der Waals surface area contributed by atoms with E-state index >= 15 is 0 Å². The summed E-state index contributed by atoms with van der Waals surface area (Å²) in [6, 6.07) is 8.31. The first-order chi connectivity index (χ1) is 16.5. The molecular formula is C24H25ClF3NO6. The summed E-state index contributed by atoms with van der Waals surface area (Å²) in [5.41, 5.74) is -0.631. The Bertz CT molecular complexity index is 1070. The van der Waals surface area contributed by atoms with Gasteiger partial charge in [-0.25, -0.2) is 9.59 Å². The number of amides is 1. The molecule has 0 saturated carbocycles. The quantitative estimate of drug-likeness (QED) is 0.467. The van der Waals surface area contributed by atoms with Crippen molar-refractivity contribution in [2.45, 2.75) is 51.1 Å². The second-order valence-corrected chi connectivity index (χ2v) is 8.45. The van der Waals surface area contributed by atoms with E-state index in [9.17, 15) is 27.9 Å². The van der Waals surface area contributed by atoms with Crippen LogP contribution in [0.4, 0.5) is 18.0 Å². The highest BCUT2D eigenvalue weighted by atomic mass is 35.5. The van der Waals surface area contributed by atoms with Crippen LogP contribution in [-0.4, -0.2) is 36.0 Å². The van der Waals surface area contributed by atoms with Gasteiger partial charge in [0.25, 0.3) is 0 Å². The monoisotopic (exact) mass is 515 g/mol. The molecule has 0 aromatic heterocycles. The second-order valence-electron chi connectivity index (χ2n) is 8.04. The number of hydrogen-bond donors (Lipinski definition) is 2. The maximum atomic E-state index is 12.8. The summed E-state index contributed by atoms with van der Waals surface area (Å²) in [6.07, 6.45) is -4.14. The number of carboxylic acids is 1. The van der Waals surface area contributed by atoms with Crippen molar-refractivity contribution in [3.63, 3.8) is 0 Å². The number of carboxylic acid groups (broad SMARTS) is 1. The molecule has 0 spiro atoms. The molecule has 1 aliphatic rings. The lowest BCUT2D eigenvalue weighted by molar-refractivity contribution is -0.159. The zero-order valence-electron chi connectivity index (χ0n) is 18.9. The highest BCUT2D eigenvalue weighted by molar-refractivity contribution is 6.31. The number of rotatable bonds is 9. The maximum absolute atomic E-state index is 12.8. The molecule has 2 aromatic carbocycles. The lowest BCUT2D eigenvalue weighted by atomic mass is 9.91. The topological polar surface area (TPSA) is 94.1 Å². The van der Waals surface area contributed by atoms with Gasteiger partial charge in [-0.2, -0.15) is 13.2 Å². The molecule has 1 heterocycles. The summed E-state index contributed by atoms with van der Waals surface area (Å²) in [5, 5.41) is 11.7. The Balaban J connectivity index is 1.63. The van der Waals surface area contributed by atoms with Crippen molar-refractivity contribution >= 4 is 23.7 Å². The molecule has 3 rings (SSSR count). The van der Waals surface area contributed by atoms with Crippen LogP contribution >= 0.6 is 11.6 Å². The van der Waals surface area contributed by atoms with Crippen LogP contribution in [0.3, 0.4) is 0 Å². The molecule has 0 aliphatic carbocycles. The van der Waals surface area contributed by atoms with Crippen LogP contribution in [0.5, 0.6) is 5.75 Å². The third kappa shape index (κ3) is 6.79. The number of aliphatic carboxylic acids is 1. The third-order valence-corrected chi connectivity index (χ3v) is 5.85. The molecule has 7 nitrogen and oxygen atoms in total. The van der Waals surface area contributed by atoms with E-state index in [-0.39, 0.29) is 19.6 Å². The van der Waals surface area contributed by atoms with Gasteiger partial charge in [-0.15, -0.1) is 0 Å². The van der Waals surface area contributed by atoms with Gasteiger partial charge in [0.05, 0.1) is 17.2 Å². The molecule has 1 amide bonds. The van der Waals surface area contributed by atoms with Gasteiger partial charge in [0.1, 0.15) is 12.4 Å². The normalized spacial score (nSPS) is 17.7. The second kappa shape index (κ2) is 11.2. The zero-order valence-corrected chi connectivity index (χ0v) is 19.7. The van der Waals surface area contributed by atoms with Crippen molar-refractivity contribution in [3.05, 3.63) is 63.7 Å². The summed E-state index contributed by atoms with van der Waals surface area (Å²) in [6.45, 7) is 2.32. The van der Waals surface area contributed by atoms with Crippen LogP contribution in [0, 0.1) is 0 Å². The largest absolute Gasteiger partial charge is 0.494 e. The molecule has 1 saturated heterocycles. The van der Waals surface area contributed by atoms with Gasteiger partial charge in [0, 0.05) is 25.1 Å². The van der Waals surface area contributed by atoms with Crippen molar-refractivity contribution in [1.29, 1.82) is 0 Å². The molecule has 2 aromatic rings. The van der Waals surface area contributed by atoms with Crippen molar-refractivity contribution in [3.8, 4) is 5.75 Å². The average Bonchev–Trinajstić information content (AvgIpc) is 3.27. The average molecular weight is 516 g/mol. The van der Waals surface area contributed by atoms with Crippen LogP contribution in [-0.2, 0) is 40.0 Å². The number of hydrogen-bond acceptors (Lipinski definition) is 5. The fourth-order valence-corrected chi connectivity index (χ4v) is 4.14. The Morgan fingerprint density at radius 2 is 1.94 bits per heavy atom. The molecular weight excluding hydrogens is 491 g/mol. The number of alkyl carbamates (subject to hydrolysis) is 1. The van der Waals surface area contributed by atoms with Crippen LogP contribution < -0.4 is 10.1 Å². The predicted molar refractivity (Wildman–Crippen MR) is 120 cm³/mol. The van der Waals surface area contributed by atoms with Crippen LogP contribution in [0.25, 0.3) is 0 Å². The molecule has 1 aliphatic heterocycles. The minimum Gasteiger partial charge on any atom is -0.494 e. The molecule has 1 atom stereocenters. The molecule has 11 heteroatoms. The Kier molecular flexibility index (Phi) is 8.50. The highest BCUT2D eigenvalue weighted by Gasteiger charge is 2.43. The summed E-state index contributed by atoms with van der Waals surface area (Å²) in [5.74, 6) is -0.502. The van der Waals surface area contributed by atoms with Gasteiger partial charge >= 0.3 is 18.2 Å². The van der Waals surface area contributed by atoms with E-state index in [1.807, 2.05) is 0 Å². The van der Waals surface area contributed by atoms with Gasteiger partial charge in [-0.1, -0.05) is 29.8 Å². The molecule has 0 radical (unpaired) electrons. The van der Waals surface area contributed by atoms with Gasteiger partial charge < -0.3 is 24.6 Å². The number of carbonyl (C=O) groups excluding carboxylic acids is 1. The fraction of sp³-hybridized carbons (Fsp3) is 0.417. The fourth-order valence-electron chi connectivity index (χ4n) is 3.83. The Hall–Kier alpha value is -2.98. The van der Waals surface area contributed by atoms with E-state index in [0.717, 1.165) is 12.1 Å². The lowest BCUT2D eigenvalue weighted by Crippen LogP contribution is -2.40. The molecule has 1 fully saturated rings. The molecule has 1 unspecified atom stereocenters. The number of benzene rings is 2. The predicted octanol–water partition coefficient (Wildman–Crippen LogP) is 5.36. The molecule has 0 bridgehead atoms. The number of nitrogens with one attached hydrogen (secondary N) is 1. The van der Waals surface area contributed by atoms with Crippen LogP contribution in [0.15, 0.2) is 36.4 Å². The standard InChI is InChI=1S/C24H25ClF3NO6/c1-2-33-20-7-5-15(12-23(21(30)31)8-3-9-35-23)10-17(20)13-29-22(32)34-14-16-4-6-18(19(25)11-16)24(26,27)28/h4-7,10-11H,2-3,8-9,12-14H2,1H3,(H,29,32)(H,30,31). The summed E-state index contributed by atoms with van der Waals surface area (Å²) in [7, 11) is 0. The van der Waals surface area contributed by atoms with E-state index in [0.29, 0.717) is 48.5 Å². The summed E-state index contributed by atoms with van der Waals surface area (Å²) in [4.78, 5) is 24.0. The SMILES string of the molecule is CCOc1ccc(CC2(C(=O)O)CCCO2)cc1CNC(=O)OCc1ccc(C(F)(F)F)c(Cl)c1. The van der Waals surface area contributed by atoms with Crippen molar-refractivity contribution < 1.29 is 42.1 Å². The van der Waals surface area contributed by atoms with Gasteiger partial charge in [0.2, 0.25) is 0 Å². The van der Waals surface area contributed by atoms with Gasteiger partial charge in [-0.05, 0) is 49.1 Å². The minimum atomic E-state index is -4.57. The first-order valence-electron chi connectivity index (χ1n) is 10.9. The number of ether oxygens (including phenoxy) is 3. The zero-order chi connectivity index (χ0) is 25.6. The number of alkyl halides is 3. The third-order valence-electron chi connectivity index (χ3n) is 5.54. The smallest absolute Gasteiger partial charge is 0.417 e. The van der Waals surface area contributed by atoms with Gasteiger partial charge in [-0.3, -0.25) is 0 Å². The van der Waals surface area contributed by atoms with E-state index in [1.165, 1.54) is 6.07 Å². The summed E-state index contributed by atoms with van der Waals surface area (Å²) < 4.78 is 54.7. The van der Waals surface area contributed by atoms with E-state index in [1.54, 1.807) is 25.1 Å². The van der Waals surface area contributed by atoms with Crippen LogP contribution in [0.1, 0.15) is 42.0 Å².